The Morgan fingerprint density at radius 3 is 2.64 bits per heavy atom. The van der Waals surface area contributed by atoms with Crippen molar-refractivity contribution in [1.82, 2.24) is 24.3 Å². The number of hydrogen-bond acceptors (Lipinski definition) is 5. The fourth-order valence-corrected chi connectivity index (χ4v) is 4.26. The third kappa shape index (κ3) is 4.05. The molecule has 0 radical (unpaired) electrons. The minimum absolute atomic E-state index is 0.173. The number of aryl methyl sites for hydroxylation is 1. The summed E-state index contributed by atoms with van der Waals surface area (Å²) in [5.41, 5.74) is 2.09. The Morgan fingerprint density at radius 2 is 1.88 bits per heavy atom. The average Bonchev–Trinajstić information content (AvgIpc) is 3.43. The van der Waals surface area contributed by atoms with Crippen molar-refractivity contribution in [3.8, 4) is 16.3 Å². The SMILES string of the molecule is Cc1ccc(-c2nc(Cn3cnc4c(cnn4-c4cccc(C(F)(F)F)c4)c3=O)cs2)cc1. The topological polar surface area (TPSA) is 65.6 Å². The maximum Gasteiger partial charge on any atom is 0.416 e. The predicted molar refractivity (Wildman–Crippen MR) is 120 cm³/mol. The lowest BCUT2D eigenvalue weighted by atomic mass is 10.2. The van der Waals surface area contributed by atoms with Crippen LogP contribution in [0.25, 0.3) is 27.3 Å². The molecule has 5 rings (SSSR count). The van der Waals surface area contributed by atoms with E-state index in [4.69, 9.17) is 0 Å². The molecule has 6 nitrogen and oxygen atoms in total. The van der Waals surface area contributed by atoms with Gasteiger partial charge in [-0.15, -0.1) is 11.3 Å². The number of rotatable bonds is 4. The van der Waals surface area contributed by atoms with Gasteiger partial charge in [0.1, 0.15) is 16.7 Å². The van der Waals surface area contributed by atoms with Crippen molar-refractivity contribution in [2.24, 2.45) is 0 Å². The van der Waals surface area contributed by atoms with Crippen molar-refractivity contribution in [2.75, 3.05) is 0 Å². The molecule has 0 fully saturated rings. The van der Waals surface area contributed by atoms with Gasteiger partial charge in [0.05, 0.1) is 29.7 Å². The van der Waals surface area contributed by atoms with Crippen molar-refractivity contribution in [2.45, 2.75) is 19.6 Å². The van der Waals surface area contributed by atoms with E-state index in [1.54, 1.807) is 0 Å². The van der Waals surface area contributed by atoms with Gasteiger partial charge in [0.25, 0.3) is 5.56 Å². The zero-order valence-corrected chi connectivity index (χ0v) is 18.1. The molecule has 10 heteroatoms. The summed E-state index contributed by atoms with van der Waals surface area (Å²) in [6, 6.07) is 12.8. The Bertz CT molecular complexity index is 1520. The molecular formula is C23H16F3N5OS. The molecule has 0 saturated heterocycles. The molecule has 0 aliphatic carbocycles. The monoisotopic (exact) mass is 467 g/mol. The van der Waals surface area contributed by atoms with Gasteiger partial charge in [0.2, 0.25) is 0 Å². The van der Waals surface area contributed by atoms with Crippen molar-refractivity contribution < 1.29 is 13.2 Å². The second-order valence-corrected chi connectivity index (χ2v) is 8.39. The van der Waals surface area contributed by atoms with E-state index in [-0.39, 0.29) is 28.8 Å². The second kappa shape index (κ2) is 7.96. The number of benzene rings is 2. The van der Waals surface area contributed by atoms with E-state index in [0.717, 1.165) is 28.3 Å². The van der Waals surface area contributed by atoms with E-state index in [1.807, 2.05) is 36.6 Å². The van der Waals surface area contributed by atoms with Crippen LogP contribution in [-0.2, 0) is 12.7 Å². The Labute approximate surface area is 189 Å². The molecule has 0 N–H and O–H groups in total. The predicted octanol–water partition coefficient (Wildman–Crippen LogP) is 5.08. The number of halogens is 3. The molecule has 0 bridgehead atoms. The second-order valence-electron chi connectivity index (χ2n) is 7.53. The van der Waals surface area contributed by atoms with Crippen LogP contribution in [0.15, 0.2) is 71.2 Å². The molecule has 3 heterocycles. The van der Waals surface area contributed by atoms with Gasteiger partial charge in [-0.25, -0.2) is 14.6 Å². The first-order valence-electron chi connectivity index (χ1n) is 9.92. The summed E-state index contributed by atoms with van der Waals surface area (Å²) in [6.07, 6.45) is -1.80. The molecule has 0 aliphatic heterocycles. The van der Waals surface area contributed by atoms with Gasteiger partial charge in [-0.3, -0.25) is 9.36 Å². The van der Waals surface area contributed by atoms with E-state index in [2.05, 4.69) is 15.1 Å². The van der Waals surface area contributed by atoms with Crippen LogP contribution in [0.1, 0.15) is 16.8 Å². The summed E-state index contributed by atoms with van der Waals surface area (Å²) in [4.78, 5) is 21.9. The third-order valence-electron chi connectivity index (χ3n) is 5.16. The Kier molecular flexibility index (Phi) is 5.09. The summed E-state index contributed by atoms with van der Waals surface area (Å²) in [5, 5.41) is 7.06. The number of fused-ring (bicyclic) bond motifs is 1. The standard InChI is InChI=1S/C23H16F3N5OS/c1-14-5-7-15(8-6-14)21-29-17(12-33-21)11-30-13-27-20-19(22(30)32)10-28-31(20)18-4-2-3-16(9-18)23(24,25)26/h2-10,12-13H,11H2,1H3. The quantitative estimate of drug-likeness (QED) is 0.370. The molecule has 0 unspecified atom stereocenters. The highest BCUT2D eigenvalue weighted by Gasteiger charge is 2.30. The van der Waals surface area contributed by atoms with Crippen LogP contribution in [0.5, 0.6) is 0 Å². The Balaban J connectivity index is 1.46. The highest BCUT2D eigenvalue weighted by atomic mass is 32.1. The van der Waals surface area contributed by atoms with Crippen molar-refractivity contribution in [1.29, 1.82) is 0 Å². The number of hydrogen-bond donors (Lipinski definition) is 0. The van der Waals surface area contributed by atoms with Gasteiger partial charge in [-0.2, -0.15) is 18.3 Å². The van der Waals surface area contributed by atoms with Crippen molar-refractivity contribution in [3.05, 3.63) is 93.6 Å². The van der Waals surface area contributed by atoms with E-state index >= 15 is 0 Å². The fraction of sp³-hybridized carbons (Fsp3) is 0.130. The van der Waals surface area contributed by atoms with Crippen LogP contribution in [-0.4, -0.2) is 24.3 Å². The molecule has 0 saturated carbocycles. The molecule has 0 atom stereocenters. The van der Waals surface area contributed by atoms with Crippen LogP contribution in [0, 0.1) is 6.92 Å². The third-order valence-corrected chi connectivity index (χ3v) is 6.10. The van der Waals surface area contributed by atoms with E-state index < -0.39 is 11.7 Å². The molecule has 166 valence electrons. The summed E-state index contributed by atoms with van der Waals surface area (Å²) in [7, 11) is 0. The van der Waals surface area contributed by atoms with Crippen LogP contribution in [0.2, 0.25) is 0 Å². The largest absolute Gasteiger partial charge is 0.416 e. The maximum atomic E-state index is 13.1. The lowest BCUT2D eigenvalue weighted by Crippen LogP contribution is -2.21. The van der Waals surface area contributed by atoms with Gasteiger partial charge in [0, 0.05) is 10.9 Å². The summed E-state index contributed by atoms with van der Waals surface area (Å²) < 4.78 is 41.9. The van der Waals surface area contributed by atoms with Crippen LogP contribution in [0.4, 0.5) is 13.2 Å². The molecule has 0 amide bonds. The van der Waals surface area contributed by atoms with Crippen molar-refractivity contribution >= 4 is 22.4 Å². The van der Waals surface area contributed by atoms with Gasteiger partial charge < -0.3 is 0 Å². The molecular weight excluding hydrogens is 451 g/mol. The Morgan fingerprint density at radius 1 is 1.09 bits per heavy atom. The Hall–Kier alpha value is -3.79. The molecule has 0 spiro atoms. The number of nitrogens with zero attached hydrogens (tertiary/aromatic N) is 5. The summed E-state index contributed by atoms with van der Waals surface area (Å²) >= 11 is 1.49. The molecule has 33 heavy (non-hydrogen) atoms. The van der Waals surface area contributed by atoms with E-state index in [9.17, 15) is 18.0 Å². The maximum absolute atomic E-state index is 13.1. The normalized spacial score (nSPS) is 11.9. The molecule has 2 aromatic carbocycles. The van der Waals surface area contributed by atoms with Gasteiger partial charge >= 0.3 is 6.18 Å². The fourth-order valence-electron chi connectivity index (χ4n) is 3.45. The van der Waals surface area contributed by atoms with Gasteiger partial charge in [-0.05, 0) is 25.1 Å². The summed E-state index contributed by atoms with van der Waals surface area (Å²) in [6.45, 7) is 2.24. The highest BCUT2D eigenvalue weighted by Crippen LogP contribution is 2.30. The van der Waals surface area contributed by atoms with Crippen LogP contribution >= 0.6 is 11.3 Å². The first-order valence-corrected chi connectivity index (χ1v) is 10.8. The zero-order valence-electron chi connectivity index (χ0n) is 17.2. The number of alkyl halides is 3. The van der Waals surface area contributed by atoms with Crippen LogP contribution < -0.4 is 5.56 Å². The molecule has 0 aliphatic rings. The highest BCUT2D eigenvalue weighted by molar-refractivity contribution is 7.13. The lowest BCUT2D eigenvalue weighted by Gasteiger charge is -2.09. The minimum atomic E-state index is -4.48. The average molecular weight is 467 g/mol. The van der Waals surface area contributed by atoms with Gasteiger partial charge in [-0.1, -0.05) is 35.9 Å². The summed E-state index contributed by atoms with van der Waals surface area (Å²) in [5.74, 6) is 0. The first-order chi connectivity index (χ1) is 15.8. The van der Waals surface area contributed by atoms with E-state index in [1.165, 1.54) is 45.2 Å². The van der Waals surface area contributed by atoms with Gasteiger partial charge in [0.15, 0.2) is 5.65 Å². The first kappa shape index (κ1) is 21.1. The lowest BCUT2D eigenvalue weighted by molar-refractivity contribution is -0.137. The number of thiazole rings is 1. The van der Waals surface area contributed by atoms with E-state index in [0.29, 0.717) is 5.69 Å². The number of aromatic nitrogens is 5. The van der Waals surface area contributed by atoms with Crippen LogP contribution in [0.3, 0.4) is 0 Å². The zero-order chi connectivity index (χ0) is 23.2. The minimum Gasteiger partial charge on any atom is -0.292 e. The van der Waals surface area contributed by atoms with Crippen molar-refractivity contribution in [3.63, 3.8) is 0 Å². The molecule has 5 aromatic rings. The smallest absolute Gasteiger partial charge is 0.292 e. The molecule has 3 aromatic heterocycles.